The molecule has 0 bridgehead atoms. The van der Waals surface area contributed by atoms with E-state index in [4.69, 9.17) is 5.10 Å². The number of nitrogens with zero attached hydrogens (tertiary/aromatic N) is 4. The molecule has 5 nitrogen and oxygen atoms in total. The monoisotopic (exact) mass is 265 g/mol. The van der Waals surface area contributed by atoms with Crippen molar-refractivity contribution in [3.05, 3.63) is 10.8 Å². The average Bonchev–Trinajstić information content (AvgIpc) is 2.94. The third-order valence-corrected chi connectivity index (χ3v) is 5.25. The van der Waals surface area contributed by atoms with Gasteiger partial charge in [-0.25, -0.2) is 0 Å². The Morgan fingerprint density at radius 1 is 1.39 bits per heavy atom. The number of fused-ring (bicyclic) bond motifs is 1. The van der Waals surface area contributed by atoms with Gasteiger partial charge in [0.2, 0.25) is 4.96 Å². The normalized spacial score (nSPS) is 21.6. The van der Waals surface area contributed by atoms with E-state index in [0.717, 1.165) is 23.9 Å². The Morgan fingerprint density at radius 2 is 2.22 bits per heavy atom. The first-order valence-electron chi connectivity index (χ1n) is 6.49. The Morgan fingerprint density at radius 3 is 2.89 bits per heavy atom. The molecule has 2 aromatic rings. The van der Waals surface area contributed by atoms with Gasteiger partial charge in [0.15, 0.2) is 5.82 Å². The molecule has 1 aliphatic rings. The van der Waals surface area contributed by atoms with Gasteiger partial charge in [-0.1, -0.05) is 25.2 Å². The lowest BCUT2D eigenvalue weighted by Gasteiger charge is -2.35. The smallest absolute Gasteiger partial charge is 0.234 e. The first kappa shape index (κ1) is 12.0. The molecule has 1 N–H and O–H groups in total. The van der Waals surface area contributed by atoms with E-state index in [9.17, 15) is 0 Å². The zero-order valence-electron chi connectivity index (χ0n) is 11.1. The number of aromatic nitrogens is 4. The summed E-state index contributed by atoms with van der Waals surface area (Å²) >= 11 is 1.67. The van der Waals surface area contributed by atoms with E-state index < -0.39 is 0 Å². The Bertz CT molecular complexity index is 550. The summed E-state index contributed by atoms with van der Waals surface area (Å²) in [6, 6.07) is 0. The molecule has 0 aromatic carbocycles. The van der Waals surface area contributed by atoms with E-state index in [1.54, 1.807) is 11.3 Å². The molecule has 0 saturated carbocycles. The molecule has 6 heteroatoms. The maximum atomic E-state index is 4.70. The first-order chi connectivity index (χ1) is 8.59. The van der Waals surface area contributed by atoms with Crippen LogP contribution in [-0.4, -0.2) is 32.9 Å². The van der Waals surface area contributed by atoms with Gasteiger partial charge in [0.05, 0.1) is 0 Å². The van der Waals surface area contributed by atoms with Gasteiger partial charge in [0.25, 0.3) is 0 Å². The first-order valence-corrected chi connectivity index (χ1v) is 7.31. The van der Waals surface area contributed by atoms with E-state index in [1.165, 1.54) is 17.8 Å². The van der Waals surface area contributed by atoms with E-state index in [2.05, 4.69) is 29.4 Å². The van der Waals surface area contributed by atoms with Crippen LogP contribution in [-0.2, 0) is 5.41 Å². The van der Waals surface area contributed by atoms with Crippen molar-refractivity contribution in [3.63, 3.8) is 0 Å². The highest BCUT2D eigenvalue weighted by Gasteiger charge is 2.35. The van der Waals surface area contributed by atoms with Crippen LogP contribution in [0.2, 0.25) is 0 Å². The SMILES string of the molecule is Cc1nnc2sc(C(C)(C)C3CCCNC3)nn12. The van der Waals surface area contributed by atoms with Crippen molar-refractivity contribution in [1.29, 1.82) is 0 Å². The van der Waals surface area contributed by atoms with Crippen molar-refractivity contribution in [2.75, 3.05) is 13.1 Å². The Labute approximate surface area is 111 Å². The molecule has 0 radical (unpaired) electrons. The summed E-state index contributed by atoms with van der Waals surface area (Å²) in [6.07, 6.45) is 2.54. The van der Waals surface area contributed by atoms with Crippen LogP contribution in [0.4, 0.5) is 0 Å². The van der Waals surface area contributed by atoms with Crippen LogP contribution in [0.1, 0.15) is 37.5 Å². The third kappa shape index (κ3) is 1.83. The zero-order valence-corrected chi connectivity index (χ0v) is 11.9. The predicted molar refractivity (Wildman–Crippen MR) is 72.0 cm³/mol. The number of aryl methyl sites for hydroxylation is 1. The van der Waals surface area contributed by atoms with Gasteiger partial charge in [-0.15, -0.1) is 10.2 Å². The lowest BCUT2D eigenvalue weighted by atomic mass is 9.75. The van der Waals surface area contributed by atoms with E-state index in [0.29, 0.717) is 5.92 Å². The van der Waals surface area contributed by atoms with Gasteiger partial charge in [-0.05, 0) is 38.8 Å². The zero-order chi connectivity index (χ0) is 12.8. The molecule has 1 aliphatic heterocycles. The van der Waals surface area contributed by atoms with Gasteiger partial charge in [0, 0.05) is 5.41 Å². The van der Waals surface area contributed by atoms with Gasteiger partial charge < -0.3 is 5.32 Å². The highest BCUT2D eigenvalue weighted by molar-refractivity contribution is 7.16. The lowest BCUT2D eigenvalue weighted by Crippen LogP contribution is -2.40. The maximum absolute atomic E-state index is 4.70. The standard InChI is InChI=1S/C12H19N5S/c1-8-14-15-11-17(8)16-10(18-11)12(2,3)9-5-4-6-13-7-9/h9,13H,4-7H2,1-3H3. The second-order valence-corrected chi connectivity index (χ2v) is 6.57. The topological polar surface area (TPSA) is 55.1 Å². The molecular formula is C12H19N5S. The van der Waals surface area contributed by atoms with Crippen molar-refractivity contribution in [1.82, 2.24) is 25.1 Å². The maximum Gasteiger partial charge on any atom is 0.234 e. The average molecular weight is 265 g/mol. The molecule has 1 unspecified atom stereocenters. The van der Waals surface area contributed by atoms with Gasteiger partial charge in [0.1, 0.15) is 5.01 Å². The molecular weight excluding hydrogens is 246 g/mol. The minimum absolute atomic E-state index is 0.102. The van der Waals surface area contributed by atoms with Crippen LogP contribution < -0.4 is 5.32 Å². The fourth-order valence-electron chi connectivity index (χ4n) is 2.62. The fraction of sp³-hybridized carbons (Fsp3) is 0.750. The highest BCUT2D eigenvalue weighted by Crippen LogP contribution is 2.37. The predicted octanol–water partition coefficient (Wildman–Crippen LogP) is 1.77. The summed E-state index contributed by atoms with van der Waals surface area (Å²) in [5.74, 6) is 1.51. The second kappa shape index (κ2) is 4.28. The molecule has 3 rings (SSSR count). The van der Waals surface area contributed by atoms with Crippen molar-refractivity contribution in [2.45, 2.75) is 39.0 Å². The summed E-state index contributed by atoms with van der Waals surface area (Å²) in [5, 5.41) is 17.6. The largest absolute Gasteiger partial charge is 0.316 e. The number of nitrogens with one attached hydrogen (secondary N) is 1. The highest BCUT2D eigenvalue weighted by atomic mass is 32.1. The van der Waals surface area contributed by atoms with Crippen LogP contribution in [0.5, 0.6) is 0 Å². The van der Waals surface area contributed by atoms with Gasteiger partial charge in [-0.3, -0.25) is 0 Å². The Hall–Kier alpha value is -1.01. The Balaban J connectivity index is 1.95. The van der Waals surface area contributed by atoms with Crippen molar-refractivity contribution < 1.29 is 0 Å². The molecule has 18 heavy (non-hydrogen) atoms. The van der Waals surface area contributed by atoms with Crippen molar-refractivity contribution >= 4 is 16.3 Å². The van der Waals surface area contributed by atoms with Crippen LogP contribution in [0.25, 0.3) is 4.96 Å². The summed E-state index contributed by atoms with van der Waals surface area (Å²) in [6.45, 7) is 8.78. The Kier molecular flexibility index (Phi) is 2.86. The minimum Gasteiger partial charge on any atom is -0.316 e. The minimum atomic E-state index is 0.102. The summed E-state index contributed by atoms with van der Waals surface area (Å²) in [7, 11) is 0. The molecule has 3 heterocycles. The summed E-state index contributed by atoms with van der Waals surface area (Å²) < 4.78 is 1.86. The number of hydrogen-bond acceptors (Lipinski definition) is 5. The molecule has 98 valence electrons. The summed E-state index contributed by atoms with van der Waals surface area (Å²) in [5.41, 5.74) is 0.102. The number of hydrogen-bond donors (Lipinski definition) is 1. The van der Waals surface area contributed by atoms with Gasteiger partial charge in [-0.2, -0.15) is 9.61 Å². The van der Waals surface area contributed by atoms with Gasteiger partial charge >= 0.3 is 0 Å². The van der Waals surface area contributed by atoms with Crippen LogP contribution in [0.3, 0.4) is 0 Å². The quantitative estimate of drug-likeness (QED) is 0.899. The van der Waals surface area contributed by atoms with Crippen molar-refractivity contribution in [3.8, 4) is 0 Å². The van der Waals surface area contributed by atoms with Crippen LogP contribution in [0.15, 0.2) is 0 Å². The molecule has 0 aliphatic carbocycles. The number of rotatable bonds is 2. The molecule has 1 atom stereocenters. The molecule has 0 amide bonds. The second-order valence-electron chi connectivity index (χ2n) is 5.61. The number of piperidine rings is 1. The molecule has 1 fully saturated rings. The van der Waals surface area contributed by atoms with Crippen LogP contribution >= 0.6 is 11.3 Å². The molecule has 2 aromatic heterocycles. The van der Waals surface area contributed by atoms with E-state index in [1.807, 2.05) is 11.4 Å². The lowest BCUT2D eigenvalue weighted by molar-refractivity contribution is 0.250. The van der Waals surface area contributed by atoms with Crippen molar-refractivity contribution in [2.24, 2.45) is 5.92 Å². The molecule has 1 saturated heterocycles. The molecule has 0 spiro atoms. The summed E-state index contributed by atoms with van der Waals surface area (Å²) in [4.78, 5) is 0.902. The van der Waals surface area contributed by atoms with Crippen LogP contribution in [0, 0.1) is 12.8 Å². The van der Waals surface area contributed by atoms with E-state index >= 15 is 0 Å². The third-order valence-electron chi connectivity index (χ3n) is 4.02. The van der Waals surface area contributed by atoms with E-state index in [-0.39, 0.29) is 5.41 Å². The fourth-order valence-corrected chi connectivity index (χ4v) is 3.68.